The van der Waals surface area contributed by atoms with Gasteiger partial charge in [0.1, 0.15) is 11.5 Å². The average Bonchev–Trinajstić information content (AvgIpc) is 2.87. The Labute approximate surface area is 210 Å². The number of aryl methyl sites for hydroxylation is 2. The van der Waals surface area contributed by atoms with E-state index in [1.165, 1.54) is 31.4 Å². The minimum Gasteiger partial charge on any atom is -0.493 e. The smallest absolute Gasteiger partial charge is 0.330 e. The number of carbonyl (C=O) groups excluding carboxylic acids is 1. The third-order valence-electron chi connectivity index (χ3n) is 6.17. The van der Waals surface area contributed by atoms with E-state index in [9.17, 15) is 4.79 Å². The first-order chi connectivity index (χ1) is 17.0. The monoisotopic (exact) mass is 496 g/mol. The molecule has 0 radical (unpaired) electrons. The van der Waals surface area contributed by atoms with Crippen LogP contribution in [0.3, 0.4) is 0 Å². The predicted molar refractivity (Wildman–Crippen MR) is 141 cm³/mol. The van der Waals surface area contributed by atoms with Crippen LogP contribution in [0.25, 0.3) is 10.9 Å². The van der Waals surface area contributed by atoms with Crippen molar-refractivity contribution >= 4 is 34.8 Å². The Morgan fingerprint density at radius 3 is 2.43 bits per heavy atom. The van der Waals surface area contributed by atoms with E-state index in [0.717, 1.165) is 40.6 Å². The summed E-state index contributed by atoms with van der Waals surface area (Å²) in [5.74, 6) is 2.57. The lowest BCUT2D eigenvalue weighted by molar-refractivity contribution is 0.257. The van der Waals surface area contributed by atoms with Crippen molar-refractivity contribution in [2.45, 2.75) is 52.0 Å². The summed E-state index contributed by atoms with van der Waals surface area (Å²) in [7, 11) is 3.19. The van der Waals surface area contributed by atoms with Gasteiger partial charge in [-0.2, -0.15) is 0 Å². The number of amides is 2. The molecule has 9 heteroatoms. The van der Waals surface area contributed by atoms with Gasteiger partial charge in [0, 0.05) is 41.5 Å². The number of methoxy groups -OCH3 is 2. The van der Waals surface area contributed by atoms with E-state index in [4.69, 9.17) is 14.2 Å². The second-order valence-corrected chi connectivity index (χ2v) is 9.32. The van der Waals surface area contributed by atoms with Gasteiger partial charge in [0.15, 0.2) is 11.5 Å². The highest BCUT2D eigenvalue weighted by Crippen LogP contribution is 2.38. The van der Waals surface area contributed by atoms with E-state index in [1.54, 1.807) is 20.4 Å². The summed E-state index contributed by atoms with van der Waals surface area (Å²) in [5, 5.41) is 3.74. The van der Waals surface area contributed by atoms with Gasteiger partial charge in [-0.1, -0.05) is 19.3 Å². The fraction of sp³-hybridized carbons (Fsp3) is 0.385. The number of hydrogen-bond acceptors (Lipinski definition) is 7. The Balaban J connectivity index is 1.45. The molecule has 1 heterocycles. The molecule has 1 fully saturated rings. The van der Waals surface area contributed by atoms with Gasteiger partial charge in [0.2, 0.25) is 0 Å². The fourth-order valence-electron chi connectivity index (χ4n) is 4.22. The topological polar surface area (TPSA) is 93.7 Å². The normalized spacial score (nSPS) is 13.9. The number of ether oxygens (including phenoxy) is 3. The van der Waals surface area contributed by atoms with E-state index in [2.05, 4.69) is 19.7 Å². The highest BCUT2D eigenvalue weighted by atomic mass is 32.2. The second-order valence-electron chi connectivity index (χ2n) is 8.68. The van der Waals surface area contributed by atoms with E-state index >= 15 is 0 Å². The van der Waals surface area contributed by atoms with Crippen LogP contribution < -0.4 is 29.0 Å². The van der Waals surface area contributed by atoms with Gasteiger partial charge in [0.05, 0.1) is 19.7 Å². The molecule has 1 aliphatic carbocycles. The maximum absolute atomic E-state index is 12.4. The molecule has 0 bridgehead atoms. The van der Waals surface area contributed by atoms with Crippen molar-refractivity contribution in [3.63, 3.8) is 0 Å². The van der Waals surface area contributed by atoms with E-state index in [0.29, 0.717) is 29.0 Å². The predicted octanol–water partition coefficient (Wildman–Crippen LogP) is 6.27. The third-order valence-corrected chi connectivity index (χ3v) is 6.91. The van der Waals surface area contributed by atoms with Crippen LogP contribution in [-0.2, 0) is 0 Å². The molecular weight excluding hydrogens is 464 g/mol. The van der Waals surface area contributed by atoms with Crippen LogP contribution in [-0.4, -0.2) is 31.3 Å². The first-order valence-electron chi connectivity index (χ1n) is 11.8. The minimum atomic E-state index is -0.268. The van der Waals surface area contributed by atoms with Crippen molar-refractivity contribution in [2.75, 3.05) is 19.5 Å². The Morgan fingerprint density at radius 1 is 0.943 bits per heavy atom. The first kappa shape index (κ1) is 24.9. The number of aromatic nitrogens is 1. The molecule has 0 saturated heterocycles. The van der Waals surface area contributed by atoms with Gasteiger partial charge in [-0.15, -0.1) is 0 Å². The molecule has 0 unspecified atom stereocenters. The van der Waals surface area contributed by atoms with E-state index in [1.807, 2.05) is 44.2 Å². The van der Waals surface area contributed by atoms with Crippen LogP contribution >= 0.6 is 12.1 Å². The molecular formula is C26H32N4O4S. The fourth-order valence-corrected chi connectivity index (χ4v) is 4.82. The molecule has 1 aliphatic rings. The van der Waals surface area contributed by atoms with Gasteiger partial charge < -0.3 is 19.5 Å². The lowest BCUT2D eigenvalue weighted by Gasteiger charge is -2.22. The lowest BCUT2D eigenvalue weighted by atomic mass is 9.96. The van der Waals surface area contributed by atoms with E-state index < -0.39 is 0 Å². The summed E-state index contributed by atoms with van der Waals surface area (Å²) in [6, 6.07) is 9.53. The van der Waals surface area contributed by atoms with Gasteiger partial charge in [-0.05, 0) is 62.1 Å². The van der Waals surface area contributed by atoms with Gasteiger partial charge >= 0.3 is 6.03 Å². The number of hydrogen-bond donors (Lipinski definition) is 3. The molecule has 2 aromatic carbocycles. The Kier molecular flexibility index (Phi) is 8.20. The van der Waals surface area contributed by atoms with Crippen LogP contribution in [0.15, 0.2) is 36.5 Å². The standard InChI is InChI=1S/C26H32N4O4S/c1-16-13-23(34-22-10-11-27-21-15-25(33-4)24(32-3)14-19(21)22)17(2)12-20(16)28-26(31)30-35-29-18-8-6-5-7-9-18/h10-15,18,29H,5-9H2,1-4H3,(H2,28,30,31). The van der Waals surface area contributed by atoms with Crippen molar-refractivity contribution in [1.29, 1.82) is 0 Å². The van der Waals surface area contributed by atoms with Crippen molar-refractivity contribution in [2.24, 2.45) is 0 Å². The van der Waals surface area contributed by atoms with Crippen LogP contribution in [0, 0.1) is 13.8 Å². The molecule has 35 heavy (non-hydrogen) atoms. The summed E-state index contributed by atoms with van der Waals surface area (Å²) in [6.45, 7) is 3.89. The summed E-state index contributed by atoms with van der Waals surface area (Å²) < 4.78 is 23.3. The highest BCUT2D eigenvalue weighted by Gasteiger charge is 2.15. The molecule has 3 aromatic rings. The summed E-state index contributed by atoms with van der Waals surface area (Å²) in [5.41, 5.74) is 3.26. The third kappa shape index (κ3) is 6.10. The summed E-state index contributed by atoms with van der Waals surface area (Å²) in [6.07, 6.45) is 7.80. The molecule has 4 rings (SSSR count). The van der Waals surface area contributed by atoms with Crippen molar-refractivity contribution in [3.05, 3.63) is 47.7 Å². The molecule has 8 nitrogen and oxygen atoms in total. The van der Waals surface area contributed by atoms with Gasteiger partial charge in [-0.3, -0.25) is 9.71 Å². The molecule has 2 amide bonds. The highest BCUT2D eigenvalue weighted by molar-refractivity contribution is 7.96. The first-order valence-corrected chi connectivity index (χ1v) is 12.6. The Morgan fingerprint density at radius 2 is 1.69 bits per heavy atom. The zero-order valence-corrected chi connectivity index (χ0v) is 21.4. The van der Waals surface area contributed by atoms with Crippen molar-refractivity contribution in [1.82, 2.24) is 14.4 Å². The SMILES string of the molecule is COc1cc2nccc(Oc3cc(C)c(NC(=O)NSNC4CCCCC4)cc3C)c2cc1OC. The van der Waals surface area contributed by atoms with E-state index in [-0.39, 0.29) is 6.03 Å². The maximum atomic E-state index is 12.4. The number of nitrogens with one attached hydrogen (secondary N) is 3. The van der Waals surface area contributed by atoms with Crippen LogP contribution in [0.1, 0.15) is 43.2 Å². The quantitative estimate of drug-likeness (QED) is 0.317. The molecule has 0 spiro atoms. The Hall–Kier alpha value is -3.17. The molecule has 1 aromatic heterocycles. The van der Waals surface area contributed by atoms with Gasteiger partial charge in [-0.25, -0.2) is 9.52 Å². The number of rotatable bonds is 8. The van der Waals surface area contributed by atoms with Crippen LogP contribution in [0.4, 0.5) is 10.5 Å². The summed E-state index contributed by atoms with van der Waals surface area (Å²) >= 11 is 1.25. The largest absolute Gasteiger partial charge is 0.493 e. The zero-order chi connectivity index (χ0) is 24.8. The number of pyridine rings is 1. The van der Waals surface area contributed by atoms with Crippen molar-refractivity contribution in [3.8, 4) is 23.0 Å². The van der Waals surface area contributed by atoms with Crippen molar-refractivity contribution < 1.29 is 19.0 Å². The molecule has 0 atom stereocenters. The zero-order valence-electron chi connectivity index (χ0n) is 20.6. The molecule has 0 aliphatic heterocycles. The number of fused-ring (bicyclic) bond motifs is 1. The molecule has 1 saturated carbocycles. The second kappa shape index (κ2) is 11.5. The molecule has 3 N–H and O–H groups in total. The number of carbonyl (C=O) groups is 1. The maximum Gasteiger partial charge on any atom is 0.330 e. The van der Waals surface area contributed by atoms with Crippen LogP contribution in [0.5, 0.6) is 23.0 Å². The number of urea groups is 1. The number of nitrogens with zero attached hydrogens (tertiary/aromatic N) is 1. The number of anilines is 1. The Bertz CT molecular complexity index is 1200. The number of benzene rings is 2. The minimum absolute atomic E-state index is 0.268. The average molecular weight is 497 g/mol. The lowest BCUT2D eigenvalue weighted by Crippen LogP contribution is -2.32. The van der Waals surface area contributed by atoms with Gasteiger partial charge in [0.25, 0.3) is 0 Å². The molecule has 186 valence electrons. The van der Waals surface area contributed by atoms with Crippen LogP contribution in [0.2, 0.25) is 0 Å². The summed E-state index contributed by atoms with van der Waals surface area (Å²) in [4.78, 5) is 16.8.